The predicted octanol–water partition coefficient (Wildman–Crippen LogP) is 10.2. The maximum absolute atomic E-state index is 12.6. The number of carbonyl (C=O) groups excluding carboxylic acids is 2. The van der Waals surface area contributed by atoms with Gasteiger partial charge in [-0.15, -0.1) is 0 Å². The van der Waals surface area contributed by atoms with Crippen molar-refractivity contribution in [2.45, 2.75) is 193 Å². The van der Waals surface area contributed by atoms with Gasteiger partial charge in [-0.05, 0) is 64.2 Å². The van der Waals surface area contributed by atoms with Crippen molar-refractivity contribution in [1.82, 2.24) is 0 Å². The van der Waals surface area contributed by atoms with Crippen LogP contribution in [0, 0.1) is 0 Å². The number of unbranched alkanes of at least 4 members (excludes halogenated alkanes) is 20. The Balaban J connectivity index is 4.37. The summed E-state index contributed by atoms with van der Waals surface area (Å²) >= 11 is 0. The third-order valence-electron chi connectivity index (χ3n) is 8.58. The molecule has 0 aliphatic carbocycles. The highest BCUT2D eigenvalue weighted by molar-refractivity contribution is 7.47. The lowest BCUT2D eigenvalue weighted by Gasteiger charge is -2.20. The van der Waals surface area contributed by atoms with Crippen LogP contribution < -0.4 is 0 Å². The Morgan fingerprint density at radius 1 is 0.569 bits per heavy atom. The molecule has 0 saturated heterocycles. The molecule has 1 unspecified atom stereocenters. The second-order valence-electron chi connectivity index (χ2n) is 13.7. The number of esters is 2. The standard InChI is InChI=1S/C40H75O10P/c1-3-5-7-9-11-13-15-17-18-20-22-24-26-28-30-32-40(44)50-38(36-49-51(45,46)48-34-37(42)33-41)35-47-39(43)31-29-27-25-23-21-19-16-14-12-10-8-6-4-2/h14,16,22,24,37-38,41-42H,3-13,15,17-21,23,25-36H2,1-2H3,(H,45,46)/b16-14+,24-22+/t37-,38+/m0/s1. The molecule has 0 bridgehead atoms. The van der Waals surface area contributed by atoms with Crippen LogP contribution in [-0.2, 0) is 32.7 Å². The SMILES string of the molecule is CCCCCC/C=C/CCCCCCCC(=O)OC[C@H](COP(=O)(O)OC[C@@H](O)CO)OC(=O)CCCC/C=C/CCCCCCCCCCC. The molecule has 0 aliphatic rings. The molecule has 0 aliphatic heterocycles. The summed E-state index contributed by atoms with van der Waals surface area (Å²) in [6.45, 7) is 2.33. The summed E-state index contributed by atoms with van der Waals surface area (Å²) < 4.78 is 32.6. The van der Waals surface area contributed by atoms with Crippen LogP contribution >= 0.6 is 7.82 Å². The molecule has 0 amide bonds. The number of aliphatic hydroxyl groups is 2. The van der Waals surface area contributed by atoms with Crippen molar-refractivity contribution >= 4 is 19.8 Å². The first kappa shape index (κ1) is 49.5. The van der Waals surface area contributed by atoms with Crippen LogP contribution in [0.15, 0.2) is 24.3 Å². The zero-order valence-corrected chi connectivity index (χ0v) is 33.2. The van der Waals surface area contributed by atoms with Crippen LogP contribution in [0.2, 0.25) is 0 Å². The molecule has 0 radical (unpaired) electrons. The summed E-state index contributed by atoms with van der Waals surface area (Å²) in [5.74, 6) is -0.959. The summed E-state index contributed by atoms with van der Waals surface area (Å²) in [5.41, 5.74) is 0. The van der Waals surface area contributed by atoms with Crippen molar-refractivity contribution in [1.29, 1.82) is 0 Å². The number of aliphatic hydroxyl groups excluding tert-OH is 2. The Labute approximate surface area is 310 Å². The maximum atomic E-state index is 12.6. The smallest absolute Gasteiger partial charge is 0.462 e. The van der Waals surface area contributed by atoms with E-state index in [2.05, 4.69) is 42.7 Å². The minimum absolute atomic E-state index is 0.154. The quantitative estimate of drug-likeness (QED) is 0.0241. The number of ether oxygens (including phenoxy) is 2. The average Bonchev–Trinajstić information content (AvgIpc) is 3.12. The van der Waals surface area contributed by atoms with Gasteiger partial charge in [0.25, 0.3) is 0 Å². The van der Waals surface area contributed by atoms with Gasteiger partial charge in [0.1, 0.15) is 12.7 Å². The molecule has 3 N–H and O–H groups in total. The van der Waals surface area contributed by atoms with Gasteiger partial charge in [-0.25, -0.2) is 4.57 Å². The van der Waals surface area contributed by atoms with Gasteiger partial charge in [-0.3, -0.25) is 18.6 Å². The Kier molecular flexibility index (Phi) is 35.7. The Morgan fingerprint density at radius 3 is 1.47 bits per heavy atom. The van der Waals surface area contributed by atoms with E-state index in [9.17, 15) is 24.2 Å². The van der Waals surface area contributed by atoms with Gasteiger partial charge < -0.3 is 24.6 Å². The van der Waals surface area contributed by atoms with Crippen molar-refractivity contribution in [2.24, 2.45) is 0 Å². The molecule has 0 saturated carbocycles. The summed E-state index contributed by atoms with van der Waals surface area (Å²) in [6, 6.07) is 0. The number of phosphoric acid groups is 1. The number of phosphoric ester groups is 1. The molecule has 0 heterocycles. The molecule has 0 aromatic carbocycles. The average molecular weight is 747 g/mol. The third kappa shape index (κ3) is 36.6. The monoisotopic (exact) mass is 747 g/mol. The molecular formula is C40H75O10P. The number of carbonyl (C=O) groups is 2. The Hall–Kier alpha value is -1.55. The van der Waals surface area contributed by atoms with Gasteiger partial charge in [-0.1, -0.05) is 128 Å². The first-order valence-corrected chi connectivity index (χ1v) is 21.8. The van der Waals surface area contributed by atoms with Crippen molar-refractivity contribution < 1.29 is 47.8 Å². The predicted molar refractivity (Wildman–Crippen MR) is 205 cm³/mol. The molecule has 0 rings (SSSR count). The molecule has 0 aromatic heterocycles. The highest BCUT2D eigenvalue weighted by Gasteiger charge is 2.27. The lowest BCUT2D eigenvalue weighted by molar-refractivity contribution is -0.161. The van der Waals surface area contributed by atoms with Crippen molar-refractivity contribution in [3.8, 4) is 0 Å². The number of rotatable bonds is 38. The van der Waals surface area contributed by atoms with Gasteiger partial charge in [0.15, 0.2) is 6.10 Å². The van der Waals surface area contributed by atoms with Crippen molar-refractivity contribution in [2.75, 3.05) is 26.4 Å². The first-order valence-electron chi connectivity index (χ1n) is 20.3. The minimum atomic E-state index is -4.62. The van der Waals surface area contributed by atoms with Crippen LogP contribution in [0.25, 0.3) is 0 Å². The number of hydrogen-bond donors (Lipinski definition) is 3. The van der Waals surface area contributed by atoms with Gasteiger partial charge >= 0.3 is 19.8 Å². The second-order valence-corrected chi connectivity index (χ2v) is 15.1. The normalized spacial score (nSPS) is 14.2. The summed E-state index contributed by atoms with van der Waals surface area (Å²) in [4.78, 5) is 34.8. The third-order valence-corrected chi connectivity index (χ3v) is 9.53. The van der Waals surface area contributed by atoms with E-state index < -0.39 is 51.8 Å². The summed E-state index contributed by atoms with van der Waals surface area (Å²) in [5, 5.41) is 18.3. The van der Waals surface area contributed by atoms with Crippen molar-refractivity contribution in [3.05, 3.63) is 24.3 Å². The highest BCUT2D eigenvalue weighted by atomic mass is 31.2. The fourth-order valence-electron chi connectivity index (χ4n) is 5.39. The van der Waals surface area contributed by atoms with Crippen LogP contribution in [0.4, 0.5) is 0 Å². The zero-order chi connectivity index (χ0) is 37.7. The summed E-state index contributed by atoms with van der Waals surface area (Å²) in [7, 11) is -4.62. The topological polar surface area (TPSA) is 149 Å². The molecule has 0 fully saturated rings. The largest absolute Gasteiger partial charge is 0.472 e. The van der Waals surface area contributed by atoms with Crippen LogP contribution in [0.1, 0.15) is 181 Å². The number of allylic oxidation sites excluding steroid dienone is 4. The first-order chi connectivity index (χ1) is 24.7. The van der Waals surface area contributed by atoms with Gasteiger partial charge in [0.05, 0.1) is 19.8 Å². The molecule has 0 spiro atoms. The fourth-order valence-corrected chi connectivity index (χ4v) is 6.18. The molecular weight excluding hydrogens is 671 g/mol. The van der Waals surface area contributed by atoms with Crippen LogP contribution in [0.3, 0.4) is 0 Å². The molecule has 0 aromatic rings. The molecule has 300 valence electrons. The lowest BCUT2D eigenvalue weighted by Crippen LogP contribution is -2.29. The maximum Gasteiger partial charge on any atom is 0.472 e. The lowest BCUT2D eigenvalue weighted by atomic mass is 10.1. The minimum Gasteiger partial charge on any atom is -0.462 e. The van der Waals surface area contributed by atoms with Crippen LogP contribution in [0.5, 0.6) is 0 Å². The molecule has 51 heavy (non-hydrogen) atoms. The second kappa shape index (κ2) is 36.8. The Morgan fingerprint density at radius 2 is 0.961 bits per heavy atom. The van der Waals surface area contributed by atoms with Crippen LogP contribution in [-0.4, -0.2) is 65.7 Å². The zero-order valence-electron chi connectivity index (χ0n) is 32.3. The van der Waals surface area contributed by atoms with E-state index in [0.717, 1.165) is 57.8 Å². The van der Waals surface area contributed by atoms with Gasteiger partial charge in [0.2, 0.25) is 0 Å². The van der Waals surface area contributed by atoms with E-state index in [4.69, 9.17) is 19.1 Å². The molecule has 10 nitrogen and oxygen atoms in total. The number of hydrogen-bond acceptors (Lipinski definition) is 9. The Bertz CT molecular complexity index is 910. The fraction of sp³-hybridized carbons (Fsp3) is 0.850. The van der Waals surface area contributed by atoms with E-state index in [1.807, 2.05) is 0 Å². The summed E-state index contributed by atoms with van der Waals surface area (Å²) in [6.07, 6.45) is 34.3. The van der Waals surface area contributed by atoms with E-state index >= 15 is 0 Å². The van der Waals surface area contributed by atoms with Crippen molar-refractivity contribution in [3.63, 3.8) is 0 Å². The van der Waals surface area contributed by atoms with E-state index in [-0.39, 0.29) is 19.4 Å². The van der Waals surface area contributed by atoms with Gasteiger partial charge in [-0.2, -0.15) is 0 Å². The van der Waals surface area contributed by atoms with Gasteiger partial charge in [0, 0.05) is 12.8 Å². The molecule has 11 heteroatoms. The highest BCUT2D eigenvalue weighted by Crippen LogP contribution is 2.43. The van der Waals surface area contributed by atoms with E-state index in [1.165, 1.54) is 83.5 Å². The van der Waals surface area contributed by atoms with E-state index in [1.54, 1.807) is 0 Å². The molecule has 3 atom stereocenters. The van der Waals surface area contributed by atoms with E-state index in [0.29, 0.717) is 12.8 Å².